The molecular formula is C16H14ClF3N2O2. The Kier molecular flexibility index (Phi) is 5.23. The molecule has 24 heavy (non-hydrogen) atoms. The smallest absolute Gasteiger partial charge is 0.416 e. The number of carbonyl (C=O) groups is 1. The number of nitrogens with one attached hydrogen (secondary N) is 1. The number of ether oxygens (including phenoxy) is 1. The Morgan fingerprint density at radius 2 is 1.75 bits per heavy atom. The first-order chi connectivity index (χ1) is 11.2. The summed E-state index contributed by atoms with van der Waals surface area (Å²) in [5.74, 6) is 0.481. The average molecular weight is 359 g/mol. The summed E-state index contributed by atoms with van der Waals surface area (Å²) in [4.78, 5) is 12.9. The van der Waals surface area contributed by atoms with Crippen molar-refractivity contribution in [3.05, 3.63) is 53.1 Å². The first kappa shape index (κ1) is 17.9. The van der Waals surface area contributed by atoms with Gasteiger partial charge >= 0.3 is 12.2 Å². The van der Waals surface area contributed by atoms with E-state index in [9.17, 15) is 18.0 Å². The van der Waals surface area contributed by atoms with Crippen LogP contribution in [0.15, 0.2) is 42.5 Å². The highest BCUT2D eigenvalue weighted by atomic mass is 35.5. The van der Waals surface area contributed by atoms with Gasteiger partial charge in [-0.15, -0.1) is 0 Å². The Hall–Kier alpha value is -2.41. The summed E-state index contributed by atoms with van der Waals surface area (Å²) in [5, 5.41) is 2.50. The lowest BCUT2D eigenvalue weighted by Crippen LogP contribution is -2.27. The molecule has 0 aliphatic rings. The van der Waals surface area contributed by atoms with Gasteiger partial charge in [-0.1, -0.05) is 11.6 Å². The summed E-state index contributed by atoms with van der Waals surface area (Å²) in [6.07, 6.45) is -4.46. The summed E-state index contributed by atoms with van der Waals surface area (Å²) in [6.45, 7) is 0. The number of amides is 2. The van der Waals surface area contributed by atoms with Crippen LogP contribution in [0.25, 0.3) is 0 Å². The fourth-order valence-electron chi connectivity index (χ4n) is 1.73. The molecule has 0 aliphatic heterocycles. The molecule has 8 heteroatoms. The van der Waals surface area contributed by atoms with Crippen LogP contribution in [-0.2, 0) is 6.18 Å². The quantitative estimate of drug-likeness (QED) is 0.814. The molecule has 0 heterocycles. The number of hydrogen-bond donors (Lipinski definition) is 1. The molecule has 0 saturated carbocycles. The third kappa shape index (κ3) is 4.55. The zero-order chi connectivity index (χ0) is 17.9. The SMILES string of the molecule is CN(C)C(=O)Nc1ccc(Oc2ccc(C(F)(F)F)cc2Cl)cc1. The van der Waals surface area contributed by atoms with E-state index in [-0.39, 0.29) is 16.8 Å². The Bertz CT molecular complexity index is 731. The first-order valence-corrected chi connectivity index (χ1v) is 7.17. The maximum atomic E-state index is 12.6. The molecule has 0 fully saturated rings. The molecule has 0 aromatic heterocycles. The largest absolute Gasteiger partial charge is 0.456 e. The lowest BCUT2D eigenvalue weighted by atomic mass is 10.2. The Balaban J connectivity index is 2.10. The van der Waals surface area contributed by atoms with Crippen molar-refractivity contribution in [1.29, 1.82) is 0 Å². The molecule has 0 aliphatic carbocycles. The Labute approximate surface area is 141 Å². The predicted molar refractivity (Wildman–Crippen MR) is 85.7 cm³/mol. The maximum Gasteiger partial charge on any atom is 0.416 e. The van der Waals surface area contributed by atoms with Gasteiger partial charge in [-0.2, -0.15) is 13.2 Å². The van der Waals surface area contributed by atoms with E-state index in [1.54, 1.807) is 38.4 Å². The second kappa shape index (κ2) is 7.00. The summed E-state index contributed by atoms with van der Waals surface area (Å²) < 4.78 is 43.2. The van der Waals surface area contributed by atoms with Crippen molar-refractivity contribution in [1.82, 2.24) is 4.90 Å². The number of alkyl halides is 3. The highest BCUT2D eigenvalue weighted by Crippen LogP contribution is 2.36. The topological polar surface area (TPSA) is 41.6 Å². The second-order valence-electron chi connectivity index (χ2n) is 5.09. The Morgan fingerprint density at radius 3 is 2.25 bits per heavy atom. The highest BCUT2D eigenvalue weighted by Gasteiger charge is 2.31. The van der Waals surface area contributed by atoms with Crippen LogP contribution < -0.4 is 10.1 Å². The van der Waals surface area contributed by atoms with E-state index < -0.39 is 11.7 Å². The van der Waals surface area contributed by atoms with Crippen molar-refractivity contribution in [3.63, 3.8) is 0 Å². The number of benzene rings is 2. The molecule has 4 nitrogen and oxygen atoms in total. The second-order valence-corrected chi connectivity index (χ2v) is 5.50. The molecule has 0 saturated heterocycles. The monoisotopic (exact) mass is 358 g/mol. The van der Waals surface area contributed by atoms with Crippen LogP contribution in [0.1, 0.15) is 5.56 Å². The number of rotatable bonds is 3. The molecule has 2 aromatic rings. The van der Waals surface area contributed by atoms with Gasteiger partial charge in [0.25, 0.3) is 0 Å². The average Bonchev–Trinajstić information content (AvgIpc) is 2.50. The van der Waals surface area contributed by atoms with Gasteiger partial charge in [-0.05, 0) is 42.5 Å². The van der Waals surface area contributed by atoms with Crippen molar-refractivity contribution < 1.29 is 22.7 Å². The number of hydrogen-bond acceptors (Lipinski definition) is 2. The van der Waals surface area contributed by atoms with Crippen molar-refractivity contribution in [2.24, 2.45) is 0 Å². The molecule has 0 atom stereocenters. The molecule has 2 amide bonds. The molecule has 0 spiro atoms. The molecule has 128 valence electrons. The number of nitrogens with zero attached hydrogens (tertiary/aromatic N) is 1. The number of anilines is 1. The van der Waals surface area contributed by atoms with E-state index in [0.29, 0.717) is 11.4 Å². The molecule has 2 rings (SSSR count). The predicted octanol–water partition coefficient (Wildman–Crippen LogP) is 5.24. The van der Waals surface area contributed by atoms with Gasteiger partial charge in [0.1, 0.15) is 11.5 Å². The van der Waals surface area contributed by atoms with Crippen LogP contribution >= 0.6 is 11.6 Å². The zero-order valence-corrected chi connectivity index (χ0v) is 13.6. The number of carbonyl (C=O) groups excluding carboxylic acids is 1. The number of urea groups is 1. The Morgan fingerprint density at radius 1 is 1.12 bits per heavy atom. The van der Waals surface area contributed by atoms with Crippen LogP contribution in [0.5, 0.6) is 11.5 Å². The molecule has 0 bridgehead atoms. The van der Waals surface area contributed by atoms with Crippen molar-refractivity contribution >= 4 is 23.3 Å². The van der Waals surface area contributed by atoms with Gasteiger partial charge in [0.05, 0.1) is 10.6 Å². The first-order valence-electron chi connectivity index (χ1n) is 6.80. The van der Waals surface area contributed by atoms with E-state index >= 15 is 0 Å². The van der Waals surface area contributed by atoms with Gasteiger partial charge in [0, 0.05) is 19.8 Å². The van der Waals surface area contributed by atoms with Crippen molar-refractivity contribution in [2.45, 2.75) is 6.18 Å². The molecule has 0 unspecified atom stereocenters. The van der Waals surface area contributed by atoms with Gasteiger partial charge < -0.3 is 15.0 Å². The summed E-state index contributed by atoms with van der Waals surface area (Å²) >= 11 is 5.83. The summed E-state index contributed by atoms with van der Waals surface area (Å²) in [5.41, 5.74) is -0.291. The van der Waals surface area contributed by atoms with E-state index in [4.69, 9.17) is 16.3 Å². The maximum absolute atomic E-state index is 12.6. The molecule has 2 aromatic carbocycles. The lowest BCUT2D eigenvalue weighted by Gasteiger charge is -2.13. The van der Waals surface area contributed by atoms with Gasteiger partial charge in [0.2, 0.25) is 0 Å². The zero-order valence-electron chi connectivity index (χ0n) is 12.8. The van der Waals surface area contributed by atoms with Gasteiger partial charge in [0.15, 0.2) is 0 Å². The minimum atomic E-state index is -4.46. The fourth-order valence-corrected chi connectivity index (χ4v) is 1.95. The molecular weight excluding hydrogens is 345 g/mol. The van der Waals surface area contributed by atoms with Crippen LogP contribution in [0.3, 0.4) is 0 Å². The van der Waals surface area contributed by atoms with E-state index in [1.807, 2.05) is 0 Å². The van der Waals surface area contributed by atoms with Crippen LogP contribution in [0.4, 0.5) is 23.7 Å². The summed E-state index contributed by atoms with van der Waals surface area (Å²) in [6, 6.07) is 8.93. The van der Waals surface area contributed by atoms with Crippen LogP contribution in [-0.4, -0.2) is 25.0 Å². The fraction of sp³-hybridized carbons (Fsp3) is 0.188. The van der Waals surface area contributed by atoms with E-state index in [1.165, 1.54) is 4.90 Å². The standard InChI is InChI=1S/C16H14ClF3N2O2/c1-22(2)15(23)21-11-4-6-12(7-5-11)24-14-8-3-10(9-13(14)17)16(18,19)20/h3-9H,1-2H3,(H,21,23). The minimum Gasteiger partial charge on any atom is -0.456 e. The summed E-state index contributed by atoms with van der Waals surface area (Å²) in [7, 11) is 3.22. The van der Waals surface area contributed by atoms with E-state index in [0.717, 1.165) is 18.2 Å². The van der Waals surface area contributed by atoms with Gasteiger partial charge in [-0.25, -0.2) is 4.79 Å². The minimum absolute atomic E-state index is 0.106. The molecule has 0 radical (unpaired) electrons. The van der Waals surface area contributed by atoms with Crippen LogP contribution in [0, 0.1) is 0 Å². The van der Waals surface area contributed by atoms with E-state index in [2.05, 4.69) is 5.32 Å². The lowest BCUT2D eigenvalue weighted by molar-refractivity contribution is -0.137. The third-order valence-electron chi connectivity index (χ3n) is 3.00. The van der Waals surface area contributed by atoms with Gasteiger partial charge in [-0.3, -0.25) is 0 Å². The normalized spacial score (nSPS) is 11.1. The van der Waals surface area contributed by atoms with Crippen molar-refractivity contribution in [3.8, 4) is 11.5 Å². The number of halogens is 4. The molecule has 1 N–H and O–H groups in total. The third-order valence-corrected chi connectivity index (χ3v) is 3.29. The van der Waals surface area contributed by atoms with Crippen LogP contribution in [0.2, 0.25) is 5.02 Å². The highest BCUT2D eigenvalue weighted by molar-refractivity contribution is 6.32. The van der Waals surface area contributed by atoms with Crippen molar-refractivity contribution in [2.75, 3.05) is 19.4 Å².